The van der Waals surface area contributed by atoms with Gasteiger partial charge in [0.25, 0.3) is 5.56 Å². The number of rotatable bonds is 4. The lowest BCUT2D eigenvalue weighted by molar-refractivity contribution is -0.137. The Kier molecular flexibility index (Phi) is 5.78. The van der Waals surface area contributed by atoms with Gasteiger partial charge in [-0.1, -0.05) is 19.1 Å². The molecule has 0 bridgehead atoms. The molecule has 29 heavy (non-hydrogen) atoms. The van der Waals surface area contributed by atoms with E-state index in [2.05, 4.69) is 20.5 Å². The summed E-state index contributed by atoms with van der Waals surface area (Å²) in [7, 11) is 0. The van der Waals surface area contributed by atoms with Gasteiger partial charge in [0, 0.05) is 44.7 Å². The Bertz CT molecular complexity index is 991. The van der Waals surface area contributed by atoms with Crippen LogP contribution in [0, 0.1) is 0 Å². The van der Waals surface area contributed by atoms with E-state index in [0.29, 0.717) is 38.1 Å². The molecule has 1 aromatic heterocycles. The van der Waals surface area contributed by atoms with E-state index >= 15 is 0 Å². The molecule has 7 heteroatoms. The van der Waals surface area contributed by atoms with Crippen molar-refractivity contribution in [2.24, 2.45) is 0 Å². The smallest absolute Gasteiger partial charge is 0.280 e. The van der Waals surface area contributed by atoms with Crippen LogP contribution in [0.2, 0.25) is 0 Å². The molecule has 3 heterocycles. The number of fused-ring (bicyclic) bond motifs is 1. The number of benzene rings is 1. The van der Waals surface area contributed by atoms with E-state index in [-0.39, 0.29) is 17.5 Å². The number of morpholine rings is 1. The van der Waals surface area contributed by atoms with E-state index < -0.39 is 0 Å². The summed E-state index contributed by atoms with van der Waals surface area (Å²) in [5.74, 6) is 0.933. The molecule has 0 saturated carbocycles. The molecule has 0 spiro atoms. The monoisotopic (exact) mass is 396 g/mol. The van der Waals surface area contributed by atoms with Crippen LogP contribution in [0.15, 0.2) is 35.1 Å². The number of aromatic nitrogens is 2. The predicted octanol–water partition coefficient (Wildman–Crippen LogP) is 1.75. The fraction of sp³-hybridized carbons (Fsp3) is 0.500. The van der Waals surface area contributed by atoms with E-state index in [1.165, 1.54) is 0 Å². The number of hydrogen-bond donors (Lipinski definition) is 0. The van der Waals surface area contributed by atoms with Gasteiger partial charge in [0.2, 0.25) is 5.91 Å². The molecule has 7 nitrogen and oxygen atoms in total. The first-order chi connectivity index (χ1) is 14.1. The minimum Gasteiger partial charge on any atom is -0.379 e. The van der Waals surface area contributed by atoms with Crippen molar-refractivity contribution >= 4 is 22.5 Å². The average Bonchev–Trinajstić information content (AvgIpc) is 2.79. The molecule has 0 aliphatic carbocycles. The van der Waals surface area contributed by atoms with Gasteiger partial charge in [0.1, 0.15) is 5.82 Å². The first kappa shape index (κ1) is 19.8. The second-order valence-corrected chi connectivity index (χ2v) is 7.59. The maximum atomic E-state index is 13.0. The highest BCUT2D eigenvalue weighted by atomic mass is 16.5. The SMILES string of the molecule is CCc1nc(=O)c2ccccc2n1C1=CCN(C(=O)[C@H](C)N2CCOCC2)CC1. The van der Waals surface area contributed by atoms with Crippen molar-refractivity contribution < 1.29 is 9.53 Å². The Labute approximate surface area is 170 Å². The van der Waals surface area contributed by atoms with Gasteiger partial charge in [-0.15, -0.1) is 0 Å². The van der Waals surface area contributed by atoms with Crippen LogP contribution in [0.4, 0.5) is 0 Å². The molecule has 4 rings (SSSR count). The van der Waals surface area contributed by atoms with Crippen LogP contribution in [0.3, 0.4) is 0 Å². The fourth-order valence-electron chi connectivity index (χ4n) is 4.22. The second-order valence-electron chi connectivity index (χ2n) is 7.59. The largest absolute Gasteiger partial charge is 0.379 e. The number of aryl methyl sites for hydroxylation is 1. The highest BCUT2D eigenvalue weighted by molar-refractivity contribution is 5.84. The molecule has 0 radical (unpaired) electrons. The molecular weight excluding hydrogens is 368 g/mol. The van der Waals surface area contributed by atoms with Gasteiger partial charge in [-0.05, 0) is 25.1 Å². The van der Waals surface area contributed by atoms with E-state index in [0.717, 1.165) is 36.5 Å². The average molecular weight is 396 g/mol. The third kappa shape index (κ3) is 3.84. The van der Waals surface area contributed by atoms with E-state index in [1.54, 1.807) is 0 Å². The highest BCUT2D eigenvalue weighted by Gasteiger charge is 2.28. The summed E-state index contributed by atoms with van der Waals surface area (Å²) < 4.78 is 7.50. The normalized spacial score (nSPS) is 19.2. The Morgan fingerprint density at radius 3 is 2.66 bits per heavy atom. The third-order valence-electron chi connectivity index (χ3n) is 5.92. The summed E-state index contributed by atoms with van der Waals surface area (Å²) in [5, 5.41) is 0.630. The molecule has 1 aromatic carbocycles. The number of nitrogens with zero attached hydrogens (tertiary/aromatic N) is 4. The Morgan fingerprint density at radius 1 is 1.21 bits per heavy atom. The molecule has 1 fully saturated rings. The van der Waals surface area contributed by atoms with Crippen molar-refractivity contribution in [2.45, 2.75) is 32.7 Å². The van der Waals surface area contributed by atoms with Crippen molar-refractivity contribution in [3.8, 4) is 0 Å². The number of amides is 1. The van der Waals surface area contributed by atoms with Gasteiger partial charge >= 0.3 is 0 Å². The summed E-state index contributed by atoms with van der Waals surface area (Å²) in [6, 6.07) is 7.47. The Morgan fingerprint density at radius 2 is 1.97 bits per heavy atom. The zero-order valence-electron chi connectivity index (χ0n) is 17.1. The molecule has 2 aromatic rings. The first-order valence-electron chi connectivity index (χ1n) is 10.4. The molecule has 1 atom stereocenters. The quantitative estimate of drug-likeness (QED) is 0.788. The molecule has 2 aliphatic rings. The van der Waals surface area contributed by atoms with Crippen LogP contribution in [0.25, 0.3) is 16.6 Å². The van der Waals surface area contributed by atoms with E-state index in [1.807, 2.05) is 43.0 Å². The van der Waals surface area contributed by atoms with Crippen LogP contribution in [-0.2, 0) is 16.0 Å². The number of carbonyl (C=O) groups is 1. The Balaban J connectivity index is 1.58. The number of carbonyl (C=O) groups excluding carboxylic acids is 1. The molecule has 1 amide bonds. The third-order valence-corrected chi connectivity index (χ3v) is 5.92. The van der Waals surface area contributed by atoms with Crippen molar-refractivity contribution in [3.63, 3.8) is 0 Å². The van der Waals surface area contributed by atoms with Crippen LogP contribution >= 0.6 is 0 Å². The second kappa shape index (κ2) is 8.47. The maximum Gasteiger partial charge on any atom is 0.280 e. The number of ether oxygens (including phenoxy) is 1. The van der Waals surface area contributed by atoms with Crippen molar-refractivity contribution in [1.82, 2.24) is 19.4 Å². The van der Waals surface area contributed by atoms with Crippen LogP contribution < -0.4 is 5.56 Å². The number of hydrogen-bond acceptors (Lipinski definition) is 5. The lowest BCUT2D eigenvalue weighted by Crippen LogP contribution is -2.51. The van der Waals surface area contributed by atoms with Crippen molar-refractivity contribution in [1.29, 1.82) is 0 Å². The molecule has 1 saturated heterocycles. The Hall–Kier alpha value is -2.51. The molecule has 2 aliphatic heterocycles. The zero-order chi connectivity index (χ0) is 20.4. The van der Waals surface area contributed by atoms with Gasteiger partial charge in [-0.2, -0.15) is 4.98 Å². The van der Waals surface area contributed by atoms with Gasteiger partial charge in [0.15, 0.2) is 0 Å². The van der Waals surface area contributed by atoms with Crippen molar-refractivity contribution in [2.75, 3.05) is 39.4 Å². The minimum atomic E-state index is -0.179. The van der Waals surface area contributed by atoms with Crippen LogP contribution in [0.1, 0.15) is 26.1 Å². The maximum absolute atomic E-state index is 13.0. The highest BCUT2D eigenvalue weighted by Crippen LogP contribution is 2.23. The van der Waals surface area contributed by atoms with Crippen molar-refractivity contribution in [3.05, 3.63) is 46.5 Å². The zero-order valence-corrected chi connectivity index (χ0v) is 17.1. The molecular formula is C22H28N4O3. The molecule has 154 valence electrons. The van der Waals surface area contributed by atoms with Crippen LogP contribution in [-0.4, -0.2) is 70.7 Å². The van der Waals surface area contributed by atoms with Gasteiger partial charge in [-0.25, -0.2) is 0 Å². The summed E-state index contributed by atoms with van der Waals surface area (Å²) in [5.41, 5.74) is 1.81. The standard InChI is InChI=1S/C22H28N4O3/c1-3-20-23-21(27)18-6-4-5-7-19(18)26(20)17-8-10-25(11-9-17)22(28)16(2)24-12-14-29-15-13-24/h4-8,16H,3,9-15H2,1-2H3/t16-/m0/s1. The first-order valence-corrected chi connectivity index (χ1v) is 10.4. The van der Waals surface area contributed by atoms with Gasteiger partial charge in [-0.3, -0.25) is 14.5 Å². The number of para-hydroxylation sites is 1. The summed E-state index contributed by atoms with van der Waals surface area (Å²) in [4.78, 5) is 33.7. The summed E-state index contributed by atoms with van der Waals surface area (Å²) in [6.45, 7) is 8.22. The van der Waals surface area contributed by atoms with Crippen LogP contribution in [0.5, 0.6) is 0 Å². The van der Waals surface area contributed by atoms with E-state index in [4.69, 9.17) is 4.74 Å². The lowest BCUT2D eigenvalue weighted by Gasteiger charge is -2.36. The summed E-state index contributed by atoms with van der Waals surface area (Å²) in [6.07, 6.45) is 3.52. The predicted molar refractivity (Wildman–Crippen MR) is 113 cm³/mol. The minimum absolute atomic E-state index is 0.130. The lowest BCUT2D eigenvalue weighted by atomic mass is 10.1. The van der Waals surface area contributed by atoms with Gasteiger partial charge in [0.05, 0.1) is 30.2 Å². The topological polar surface area (TPSA) is 67.7 Å². The summed E-state index contributed by atoms with van der Waals surface area (Å²) >= 11 is 0. The molecule has 0 unspecified atom stereocenters. The van der Waals surface area contributed by atoms with Gasteiger partial charge < -0.3 is 14.2 Å². The van der Waals surface area contributed by atoms with E-state index in [9.17, 15) is 9.59 Å². The molecule has 0 N–H and O–H groups in total. The fourth-order valence-corrected chi connectivity index (χ4v) is 4.22.